The van der Waals surface area contributed by atoms with Crippen molar-refractivity contribution in [3.63, 3.8) is 0 Å². The maximum atomic E-state index is 10.9. The highest BCUT2D eigenvalue weighted by atomic mass is 35.5. The Labute approximate surface area is 119 Å². The molecule has 3 nitrogen and oxygen atoms in total. The summed E-state index contributed by atoms with van der Waals surface area (Å²) in [4.78, 5) is 13.2. The first-order chi connectivity index (χ1) is 9.06. The van der Waals surface area contributed by atoms with Crippen LogP contribution in [0.3, 0.4) is 0 Å². The van der Waals surface area contributed by atoms with Crippen LogP contribution < -0.4 is 0 Å². The predicted octanol–water partition coefficient (Wildman–Crippen LogP) is 3.48. The summed E-state index contributed by atoms with van der Waals surface area (Å²) < 4.78 is 0. The van der Waals surface area contributed by atoms with E-state index in [1.807, 2.05) is 19.1 Å². The molecule has 1 heterocycles. The Hall–Kier alpha value is -1.06. The van der Waals surface area contributed by atoms with Crippen molar-refractivity contribution < 1.29 is 9.90 Å². The molecule has 0 saturated carbocycles. The summed E-state index contributed by atoms with van der Waals surface area (Å²) in [5.41, 5.74) is 2.24. The van der Waals surface area contributed by atoms with E-state index in [-0.39, 0.29) is 12.5 Å². The van der Waals surface area contributed by atoms with E-state index in [0.29, 0.717) is 0 Å². The van der Waals surface area contributed by atoms with Crippen LogP contribution in [0.5, 0.6) is 0 Å². The van der Waals surface area contributed by atoms with E-state index >= 15 is 0 Å². The number of aliphatic carboxylic acids is 1. The molecule has 1 aromatic rings. The smallest absolute Gasteiger partial charge is 0.304 e. The Morgan fingerprint density at radius 3 is 2.95 bits per heavy atom. The van der Waals surface area contributed by atoms with Gasteiger partial charge in [-0.15, -0.1) is 0 Å². The van der Waals surface area contributed by atoms with Gasteiger partial charge in [0, 0.05) is 17.6 Å². The Balaban J connectivity index is 2.06. The van der Waals surface area contributed by atoms with Gasteiger partial charge in [-0.05, 0) is 43.5 Å². The average Bonchev–Trinajstić information content (AvgIpc) is 2.36. The highest BCUT2D eigenvalue weighted by molar-refractivity contribution is 6.31. The lowest BCUT2D eigenvalue weighted by Crippen LogP contribution is -2.40. The normalized spacial score (nSPS) is 20.4. The molecule has 1 unspecified atom stereocenters. The second-order valence-electron chi connectivity index (χ2n) is 5.30. The quantitative estimate of drug-likeness (QED) is 0.919. The molecule has 104 valence electrons. The Kier molecular flexibility index (Phi) is 4.83. The van der Waals surface area contributed by atoms with Crippen LogP contribution in [-0.2, 0) is 11.3 Å². The second-order valence-corrected chi connectivity index (χ2v) is 5.71. The molecule has 0 radical (unpaired) electrons. The van der Waals surface area contributed by atoms with Crippen molar-refractivity contribution >= 4 is 17.6 Å². The Bertz CT molecular complexity index is 461. The summed E-state index contributed by atoms with van der Waals surface area (Å²) >= 11 is 6.14. The van der Waals surface area contributed by atoms with Gasteiger partial charge < -0.3 is 5.11 Å². The van der Waals surface area contributed by atoms with Gasteiger partial charge in [0.1, 0.15) is 0 Å². The van der Waals surface area contributed by atoms with Gasteiger partial charge in [0.2, 0.25) is 0 Å². The molecule has 0 spiro atoms. The third-order valence-corrected chi connectivity index (χ3v) is 4.19. The third-order valence-electron chi connectivity index (χ3n) is 3.78. The number of halogens is 1. The highest BCUT2D eigenvalue weighted by Crippen LogP contribution is 2.24. The lowest BCUT2D eigenvalue weighted by Gasteiger charge is -2.35. The molecular weight excluding hydrogens is 262 g/mol. The van der Waals surface area contributed by atoms with E-state index < -0.39 is 5.97 Å². The van der Waals surface area contributed by atoms with Gasteiger partial charge in [-0.3, -0.25) is 9.69 Å². The molecule has 19 heavy (non-hydrogen) atoms. The summed E-state index contributed by atoms with van der Waals surface area (Å²) in [5.74, 6) is -0.709. The first-order valence-electron chi connectivity index (χ1n) is 6.77. The molecule has 1 aliphatic rings. The van der Waals surface area contributed by atoms with Crippen molar-refractivity contribution in [3.05, 3.63) is 34.3 Å². The standard InChI is InChI=1S/C15H20ClNO2/c1-11-5-6-12(8-14(11)16)10-17-7-3-2-4-13(17)9-15(18)19/h5-6,8,13H,2-4,7,9-10H2,1H3,(H,18,19). The highest BCUT2D eigenvalue weighted by Gasteiger charge is 2.24. The van der Waals surface area contributed by atoms with E-state index in [9.17, 15) is 4.79 Å². The molecule has 0 amide bonds. The van der Waals surface area contributed by atoms with Crippen LogP contribution in [0.25, 0.3) is 0 Å². The monoisotopic (exact) mass is 281 g/mol. The van der Waals surface area contributed by atoms with Gasteiger partial charge in [-0.1, -0.05) is 30.2 Å². The van der Waals surface area contributed by atoms with Crippen LogP contribution >= 0.6 is 11.6 Å². The van der Waals surface area contributed by atoms with Crippen molar-refractivity contribution in [2.24, 2.45) is 0 Å². The summed E-state index contributed by atoms with van der Waals surface area (Å²) in [6.45, 7) is 3.75. The average molecular weight is 282 g/mol. The van der Waals surface area contributed by atoms with Crippen molar-refractivity contribution in [2.75, 3.05) is 6.54 Å². The number of hydrogen-bond donors (Lipinski definition) is 1. The van der Waals surface area contributed by atoms with E-state index in [1.165, 1.54) is 0 Å². The van der Waals surface area contributed by atoms with Crippen LogP contribution in [0.1, 0.15) is 36.8 Å². The van der Waals surface area contributed by atoms with Gasteiger partial charge in [-0.2, -0.15) is 0 Å². The summed E-state index contributed by atoms with van der Waals surface area (Å²) in [5, 5.41) is 9.76. The van der Waals surface area contributed by atoms with E-state index in [2.05, 4.69) is 11.0 Å². The van der Waals surface area contributed by atoms with Gasteiger partial charge in [0.05, 0.1) is 6.42 Å². The first-order valence-corrected chi connectivity index (χ1v) is 7.15. The van der Waals surface area contributed by atoms with Gasteiger partial charge in [0.25, 0.3) is 0 Å². The second kappa shape index (κ2) is 6.40. The molecule has 0 aliphatic carbocycles. The van der Waals surface area contributed by atoms with E-state index in [0.717, 1.165) is 48.5 Å². The molecule has 1 atom stereocenters. The number of carboxylic acid groups (broad SMARTS) is 1. The van der Waals surface area contributed by atoms with Crippen LogP contribution in [0.2, 0.25) is 5.02 Å². The molecule has 1 aliphatic heterocycles. The van der Waals surface area contributed by atoms with Gasteiger partial charge in [0.15, 0.2) is 0 Å². The number of rotatable bonds is 4. The molecule has 1 aromatic carbocycles. The SMILES string of the molecule is Cc1ccc(CN2CCCCC2CC(=O)O)cc1Cl. The molecule has 1 fully saturated rings. The number of carbonyl (C=O) groups is 1. The largest absolute Gasteiger partial charge is 0.481 e. The fraction of sp³-hybridized carbons (Fsp3) is 0.533. The molecular formula is C15H20ClNO2. The van der Waals surface area contributed by atoms with Crippen molar-refractivity contribution in [1.82, 2.24) is 4.90 Å². The summed E-state index contributed by atoms with van der Waals surface area (Å²) in [6.07, 6.45) is 3.49. The number of nitrogens with zero attached hydrogens (tertiary/aromatic N) is 1. The summed E-state index contributed by atoms with van der Waals surface area (Å²) in [7, 11) is 0. The molecule has 4 heteroatoms. The minimum atomic E-state index is -0.709. The van der Waals surface area contributed by atoms with Gasteiger partial charge >= 0.3 is 5.97 Å². The van der Waals surface area contributed by atoms with Crippen LogP contribution in [0, 0.1) is 6.92 Å². The maximum Gasteiger partial charge on any atom is 0.304 e. The van der Waals surface area contributed by atoms with Crippen molar-refractivity contribution in [1.29, 1.82) is 0 Å². The number of aryl methyl sites for hydroxylation is 1. The number of benzene rings is 1. The molecule has 0 bridgehead atoms. The lowest BCUT2D eigenvalue weighted by atomic mass is 9.98. The predicted molar refractivity (Wildman–Crippen MR) is 76.5 cm³/mol. The van der Waals surface area contributed by atoms with Gasteiger partial charge in [-0.25, -0.2) is 0 Å². The zero-order valence-corrected chi connectivity index (χ0v) is 12.0. The molecule has 2 rings (SSSR count). The minimum Gasteiger partial charge on any atom is -0.481 e. The number of likely N-dealkylation sites (tertiary alicyclic amines) is 1. The van der Waals surface area contributed by atoms with Crippen molar-refractivity contribution in [2.45, 2.75) is 45.2 Å². The topological polar surface area (TPSA) is 40.5 Å². The number of carboxylic acids is 1. The van der Waals surface area contributed by atoms with Crippen molar-refractivity contribution in [3.8, 4) is 0 Å². The van der Waals surface area contributed by atoms with E-state index in [4.69, 9.17) is 16.7 Å². The zero-order chi connectivity index (χ0) is 13.8. The van der Waals surface area contributed by atoms with Crippen LogP contribution in [0.4, 0.5) is 0 Å². The minimum absolute atomic E-state index is 0.159. The number of piperidine rings is 1. The lowest BCUT2D eigenvalue weighted by molar-refractivity contribution is -0.138. The molecule has 1 N–H and O–H groups in total. The Morgan fingerprint density at radius 1 is 1.47 bits per heavy atom. The van der Waals surface area contributed by atoms with E-state index in [1.54, 1.807) is 0 Å². The first kappa shape index (κ1) is 14.4. The number of hydrogen-bond acceptors (Lipinski definition) is 2. The van der Waals surface area contributed by atoms with Crippen LogP contribution in [-0.4, -0.2) is 28.6 Å². The molecule has 0 aromatic heterocycles. The third kappa shape index (κ3) is 3.95. The zero-order valence-electron chi connectivity index (χ0n) is 11.2. The fourth-order valence-electron chi connectivity index (χ4n) is 2.67. The Morgan fingerprint density at radius 2 is 2.26 bits per heavy atom. The fourth-order valence-corrected chi connectivity index (χ4v) is 2.87. The van der Waals surface area contributed by atoms with Crippen LogP contribution in [0.15, 0.2) is 18.2 Å². The summed E-state index contributed by atoms with van der Waals surface area (Å²) in [6, 6.07) is 6.25. The molecule has 1 saturated heterocycles. The maximum absolute atomic E-state index is 10.9.